The average molecular weight is 297 g/mol. The van der Waals surface area contributed by atoms with Gasteiger partial charge in [-0.1, -0.05) is 11.6 Å². The Morgan fingerprint density at radius 3 is 2.50 bits per heavy atom. The fourth-order valence-corrected chi connectivity index (χ4v) is 2.75. The second kappa shape index (κ2) is 6.13. The fraction of sp³-hybridized carbons (Fsp3) is 0.429. The van der Waals surface area contributed by atoms with Crippen molar-refractivity contribution in [3.05, 3.63) is 28.8 Å². The minimum absolute atomic E-state index is 0.104. The largest absolute Gasteiger partial charge is 0.481 e. The number of amides is 1. The first-order chi connectivity index (χ1) is 9.45. The van der Waals surface area contributed by atoms with Crippen molar-refractivity contribution in [1.82, 2.24) is 4.90 Å². The molecule has 0 aliphatic carbocycles. The minimum Gasteiger partial charge on any atom is -0.481 e. The van der Waals surface area contributed by atoms with E-state index in [0.29, 0.717) is 42.2 Å². The van der Waals surface area contributed by atoms with Gasteiger partial charge < -0.3 is 15.7 Å². The van der Waals surface area contributed by atoms with Crippen LogP contribution >= 0.6 is 11.6 Å². The first kappa shape index (κ1) is 14.7. The SMILES string of the molecule is Nc1cc(Cl)cc(C(=O)N2CCC(CC(=O)O)CC2)c1. The molecule has 0 spiro atoms. The van der Waals surface area contributed by atoms with Crippen LogP contribution in [0.3, 0.4) is 0 Å². The Morgan fingerprint density at radius 1 is 1.30 bits per heavy atom. The molecule has 0 radical (unpaired) electrons. The Hall–Kier alpha value is -1.75. The Labute approximate surface area is 122 Å². The normalized spacial score (nSPS) is 16.1. The summed E-state index contributed by atoms with van der Waals surface area (Å²) in [6, 6.07) is 4.80. The summed E-state index contributed by atoms with van der Waals surface area (Å²) in [7, 11) is 0. The molecule has 1 aromatic carbocycles. The quantitative estimate of drug-likeness (QED) is 0.838. The van der Waals surface area contributed by atoms with E-state index in [1.54, 1.807) is 23.1 Å². The van der Waals surface area contributed by atoms with E-state index in [1.807, 2.05) is 0 Å². The molecule has 6 heteroatoms. The molecule has 108 valence electrons. The van der Waals surface area contributed by atoms with Crippen molar-refractivity contribution < 1.29 is 14.7 Å². The number of likely N-dealkylation sites (tertiary alicyclic amines) is 1. The molecule has 0 saturated carbocycles. The van der Waals surface area contributed by atoms with Crippen LogP contribution in [0.5, 0.6) is 0 Å². The predicted octanol–water partition coefficient (Wildman–Crippen LogP) is 2.25. The first-order valence-electron chi connectivity index (χ1n) is 6.53. The van der Waals surface area contributed by atoms with E-state index in [0.717, 1.165) is 0 Å². The van der Waals surface area contributed by atoms with Gasteiger partial charge >= 0.3 is 5.97 Å². The van der Waals surface area contributed by atoms with Crippen LogP contribution in [0.4, 0.5) is 5.69 Å². The van der Waals surface area contributed by atoms with Gasteiger partial charge in [0.25, 0.3) is 5.91 Å². The fourth-order valence-electron chi connectivity index (χ4n) is 2.51. The van der Waals surface area contributed by atoms with Gasteiger partial charge in [-0.05, 0) is 37.0 Å². The van der Waals surface area contributed by atoms with Crippen LogP contribution in [-0.2, 0) is 4.79 Å². The Morgan fingerprint density at radius 2 is 1.95 bits per heavy atom. The second-order valence-electron chi connectivity index (χ2n) is 5.11. The highest BCUT2D eigenvalue weighted by molar-refractivity contribution is 6.31. The number of hydrogen-bond donors (Lipinski definition) is 2. The van der Waals surface area contributed by atoms with E-state index in [2.05, 4.69) is 0 Å². The predicted molar refractivity (Wildman–Crippen MR) is 76.7 cm³/mol. The summed E-state index contributed by atoms with van der Waals surface area (Å²) in [6.07, 6.45) is 1.61. The van der Waals surface area contributed by atoms with Gasteiger partial charge in [-0.2, -0.15) is 0 Å². The lowest BCUT2D eigenvalue weighted by molar-refractivity contribution is -0.138. The average Bonchev–Trinajstić information content (AvgIpc) is 2.37. The number of nitrogen functional groups attached to an aromatic ring is 1. The number of carbonyl (C=O) groups excluding carboxylic acids is 1. The molecule has 0 aromatic heterocycles. The van der Waals surface area contributed by atoms with E-state index in [-0.39, 0.29) is 18.2 Å². The van der Waals surface area contributed by atoms with Gasteiger partial charge in [0.05, 0.1) is 0 Å². The Bertz CT molecular complexity index is 505. The molecule has 1 fully saturated rings. The number of carbonyl (C=O) groups is 2. The maximum absolute atomic E-state index is 12.3. The number of halogens is 1. The number of hydrogen-bond acceptors (Lipinski definition) is 3. The molecule has 3 N–H and O–H groups in total. The first-order valence-corrected chi connectivity index (χ1v) is 6.90. The van der Waals surface area contributed by atoms with E-state index >= 15 is 0 Å². The van der Waals surface area contributed by atoms with Gasteiger partial charge in [-0.25, -0.2) is 0 Å². The van der Waals surface area contributed by atoms with Crippen LogP contribution in [0.15, 0.2) is 18.2 Å². The van der Waals surface area contributed by atoms with Crippen molar-refractivity contribution in [3.63, 3.8) is 0 Å². The molecule has 1 amide bonds. The van der Waals surface area contributed by atoms with Crippen molar-refractivity contribution in [1.29, 1.82) is 0 Å². The van der Waals surface area contributed by atoms with E-state index in [9.17, 15) is 9.59 Å². The summed E-state index contributed by atoms with van der Waals surface area (Å²) in [4.78, 5) is 24.7. The highest BCUT2D eigenvalue weighted by atomic mass is 35.5. The topological polar surface area (TPSA) is 83.6 Å². The van der Waals surface area contributed by atoms with Crippen molar-refractivity contribution in [3.8, 4) is 0 Å². The summed E-state index contributed by atoms with van der Waals surface area (Å²) in [5.74, 6) is -0.730. The second-order valence-corrected chi connectivity index (χ2v) is 5.54. The van der Waals surface area contributed by atoms with Gasteiger partial charge in [-0.15, -0.1) is 0 Å². The van der Waals surface area contributed by atoms with Gasteiger partial charge in [0.15, 0.2) is 0 Å². The van der Waals surface area contributed by atoms with Crippen molar-refractivity contribution >= 4 is 29.2 Å². The lowest BCUT2D eigenvalue weighted by Crippen LogP contribution is -2.38. The molecule has 20 heavy (non-hydrogen) atoms. The number of carboxylic acid groups (broad SMARTS) is 1. The Kier molecular flexibility index (Phi) is 4.49. The lowest BCUT2D eigenvalue weighted by Gasteiger charge is -2.31. The molecule has 0 unspecified atom stereocenters. The number of nitrogens with zero attached hydrogens (tertiary/aromatic N) is 1. The van der Waals surface area contributed by atoms with Crippen molar-refractivity contribution in [2.75, 3.05) is 18.8 Å². The molecule has 1 aliphatic heterocycles. The van der Waals surface area contributed by atoms with Gasteiger partial charge in [0.1, 0.15) is 0 Å². The van der Waals surface area contributed by atoms with Crippen LogP contribution in [-0.4, -0.2) is 35.0 Å². The van der Waals surface area contributed by atoms with E-state index in [1.165, 1.54) is 0 Å². The molecule has 5 nitrogen and oxygen atoms in total. The molecule has 1 aliphatic rings. The molecule has 0 bridgehead atoms. The molecular weight excluding hydrogens is 280 g/mol. The van der Waals surface area contributed by atoms with E-state index < -0.39 is 5.97 Å². The summed E-state index contributed by atoms with van der Waals surface area (Å²) < 4.78 is 0. The van der Waals surface area contributed by atoms with Crippen LogP contribution in [0.1, 0.15) is 29.6 Å². The monoisotopic (exact) mass is 296 g/mol. The highest BCUT2D eigenvalue weighted by Crippen LogP contribution is 2.23. The third-order valence-corrected chi connectivity index (χ3v) is 3.75. The lowest BCUT2D eigenvalue weighted by atomic mass is 9.93. The van der Waals surface area contributed by atoms with Crippen LogP contribution in [0.25, 0.3) is 0 Å². The smallest absolute Gasteiger partial charge is 0.303 e. The number of benzene rings is 1. The summed E-state index contributed by atoms with van der Waals surface area (Å²) >= 11 is 5.90. The summed E-state index contributed by atoms with van der Waals surface area (Å²) in [6.45, 7) is 1.15. The van der Waals surface area contributed by atoms with Gasteiger partial charge in [0.2, 0.25) is 0 Å². The van der Waals surface area contributed by atoms with E-state index in [4.69, 9.17) is 22.4 Å². The molecule has 1 aromatic rings. The maximum Gasteiger partial charge on any atom is 0.303 e. The van der Waals surface area contributed by atoms with Crippen molar-refractivity contribution in [2.24, 2.45) is 5.92 Å². The zero-order chi connectivity index (χ0) is 14.7. The van der Waals surface area contributed by atoms with Crippen LogP contribution in [0, 0.1) is 5.92 Å². The molecule has 2 rings (SSSR count). The highest BCUT2D eigenvalue weighted by Gasteiger charge is 2.25. The Balaban J connectivity index is 1.99. The molecule has 1 heterocycles. The van der Waals surface area contributed by atoms with Crippen LogP contribution in [0.2, 0.25) is 5.02 Å². The van der Waals surface area contributed by atoms with Crippen molar-refractivity contribution in [2.45, 2.75) is 19.3 Å². The number of aliphatic carboxylic acids is 1. The molecule has 1 saturated heterocycles. The standard InChI is InChI=1S/C14H17ClN2O3/c15-11-6-10(7-12(16)8-11)14(20)17-3-1-9(2-4-17)5-13(18)19/h6-9H,1-5,16H2,(H,18,19). The van der Waals surface area contributed by atoms with Gasteiger partial charge in [0, 0.05) is 35.8 Å². The zero-order valence-corrected chi connectivity index (χ0v) is 11.8. The molecule has 0 atom stereocenters. The number of nitrogens with two attached hydrogens (primary N) is 1. The number of piperidine rings is 1. The number of rotatable bonds is 3. The summed E-state index contributed by atoms with van der Waals surface area (Å²) in [5.41, 5.74) is 6.62. The third-order valence-electron chi connectivity index (χ3n) is 3.53. The van der Waals surface area contributed by atoms with Gasteiger partial charge in [-0.3, -0.25) is 9.59 Å². The third kappa shape index (κ3) is 3.63. The summed E-state index contributed by atoms with van der Waals surface area (Å²) in [5, 5.41) is 9.21. The van der Waals surface area contributed by atoms with Crippen LogP contribution < -0.4 is 5.73 Å². The number of anilines is 1. The zero-order valence-electron chi connectivity index (χ0n) is 11.0. The molecular formula is C14H17ClN2O3. The maximum atomic E-state index is 12.3. The minimum atomic E-state index is -0.780. The number of carboxylic acids is 1.